The normalized spacial score (nSPS) is 20.5. The highest BCUT2D eigenvalue weighted by molar-refractivity contribution is 8.13. The Morgan fingerprint density at radius 3 is 2.50 bits per heavy atom. The van der Waals surface area contributed by atoms with Crippen LogP contribution in [0.2, 0.25) is 0 Å². The first kappa shape index (κ1) is 20.0. The number of carboxylic acids is 1. The second-order valence-corrected chi connectivity index (χ2v) is 7.52. The summed E-state index contributed by atoms with van der Waals surface area (Å²) in [6, 6.07) is 7.22. The van der Waals surface area contributed by atoms with Crippen LogP contribution in [0.25, 0.3) is 0 Å². The molecule has 1 fully saturated rings. The summed E-state index contributed by atoms with van der Waals surface area (Å²) in [5.41, 5.74) is 0.482. The van der Waals surface area contributed by atoms with Gasteiger partial charge in [-0.15, -0.1) is 0 Å². The highest BCUT2D eigenvalue weighted by Crippen LogP contribution is 2.23. The Bertz CT molecular complexity index is 694. The average Bonchev–Trinajstić information content (AvgIpc) is 3.03. The molecule has 0 radical (unpaired) electrons. The molecule has 7 nitrogen and oxygen atoms in total. The molecule has 3 atom stereocenters. The zero-order chi connectivity index (χ0) is 19.3. The van der Waals surface area contributed by atoms with Crippen LogP contribution in [-0.4, -0.2) is 57.3 Å². The van der Waals surface area contributed by atoms with Crippen molar-refractivity contribution in [1.82, 2.24) is 10.2 Å². The number of benzene rings is 1. The van der Waals surface area contributed by atoms with Crippen molar-refractivity contribution in [3.05, 3.63) is 35.9 Å². The van der Waals surface area contributed by atoms with Crippen molar-refractivity contribution in [3.8, 4) is 0 Å². The van der Waals surface area contributed by atoms with Gasteiger partial charge in [-0.05, 0) is 12.1 Å². The molecule has 0 saturated carbocycles. The van der Waals surface area contributed by atoms with E-state index >= 15 is 0 Å². The minimum absolute atomic E-state index is 0.0890. The van der Waals surface area contributed by atoms with Gasteiger partial charge in [-0.25, -0.2) is 4.79 Å². The van der Waals surface area contributed by atoms with E-state index in [2.05, 4.69) is 5.32 Å². The third-order valence-corrected chi connectivity index (χ3v) is 5.27. The molecule has 1 heterocycles. The fraction of sp³-hybridized carbons (Fsp3) is 0.444. The number of hydrogen-bond donors (Lipinski definition) is 2. The van der Waals surface area contributed by atoms with Gasteiger partial charge in [-0.1, -0.05) is 36.9 Å². The summed E-state index contributed by atoms with van der Waals surface area (Å²) < 4.78 is 0. The fourth-order valence-electron chi connectivity index (χ4n) is 2.87. The summed E-state index contributed by atoms with van der Waals surface area (Å²) in [5, 5.41) is 12.1. The van der Waals surface area contributed by atoms with Gasteiger partial charge in [-0.3, -0.25) is 14.4 Å². The van der Waals surface area contributed by atoms with Crippen LogP contribution in [0.15, 0.2) is 30.3 Å². The highest BCUT2D eigenvalue weighted by Gasteiger charge is 2.41. The van der Waals surface area contributed by atoms with E-state index in [9.17, 15) is 24.3 Å². The second kappa shape index (κ2) is 8.84. The van der Waals surface area contributed by atoms with E-state index in [1.54, 1.807) is 37.3 Å². The van der Waals surface area contributed by atoms with Gasteiger partial charge < -0.3 is 15.3 Å². The quantitative estimate of drug-likeness (QED) is 0.775. The van der Waals surface area contributed by atoms with Crippen molar-refractivity contribution in [2.75, 3.05) is 12.3 Å². The zero-order valence-corrected chi connectivity index (χ0v) is 15.5. The Kier molecular flexibility index (Phi) is 6.79. The summed E-state index contributed by atoms with van der Waals surface area (Å²) in [6.45, 7) is 3.24. The van der Waals surface area contributed by atoms with Crippen molar-refractivity contribution in [1.29, 1.82) is 0 Å². The first-order valence-corrected chi connectivity index (χ1v) is 9.30. The van der Waals surface area contributed by atoms with Crippen molar-refractivity contribution >= 4 is 34.7 Å². The van der Waals surface area contributed by atoms with Crippen LogP contribution in [-0.2, 0) is 14.4 Å². The Balaban J connectivity index is 2.03. The highest BCUT2D eigenvalue weighted by atomic mass is 32.2. The summed E-state index contributed by atoms with van der Waals surface area (Å²) in [6.07, 6.45) is 0.159. The molecular weight excluding hydrogens is 356 g/mol. The van der Waals surface area contributed by atoms with Crippen LogP contribution in [0.3, 0.4) is 0 Å². The van der Waals surface area contributed by atoms with Crippen molar-refractivity contribution in [2.45, 2.75) is 32.4 Å². The van der Waals surface area contributed by atoms with Crippen LogP contribution < -0.4 is 5.32 Å². The molecule has 0 spiro atoms. The molecule has 140 valence electrons. The number of likely N-dealkylation sites (tertiary alicyclic amines) is 1. The van der Waals surface area contributed by atoms with Gasteiger partial charge in [0.05, 0.1) is 0 Å². The topological polar surface area (TPSA) is 104 Å². The van der Waals surface area contributed by atoms with Crippen molar-refractivity contribution in [3.63, 3.8) is 0 Å². The molecule has 26 heavy (non-hydrogen) atoms. The monoisotopic (exact) mass is 378 g/mol. The lowest BCUT2D eigenvalue weighted by molar-refractivity contribution is -0.149. The van der Waals surface area contributed by atoms with Crippen LogP contribution in [0.1, 0.15) is 30.6 Å². The number of carbonyl (C=O) groups is 4. The lowest BCUT2D eigenvalue weighted by Gasteiger charge is -2.24. The number of nitrogens with zero attached hydrogens (tertiary/aromatic N) is 1. The van der Waals surface area contributed by atoms with Gasteiger partial charge in [-0.2, -0.15) is 0 Å². The lowest BCUT2D eigenvalue weighted by atomic mass is 10.1. The summed E-state index contributed by atoms with van der Waals surface area (Å²) in [4.78, 5) is 48.8. The van der Waals surface area contributed by atoms with Crippen LogP contribution in [0.4, 0.5) is 0 Å². The molecular formula is C18H22N2O5S. The molecule has 1 aromatic rings. The van der Waals surface area contributed by atoms with Crippen LogP contribution in [0.5, 0.6) is 0 Å². The summed E-state index contributed by atoms with van der Waals surface area (Å²) in [7, 11) is 0. The number of carbonyl (C=O) groups excluding carboxylic acids is 3. The molecule has 2 amide bonds. The van der Waals surface area contributed by atoms with Crippen LogP contribution in [0, 0.1) is 5.92 Å². The van der Waals surface area contributed by atoms with Crippen molar-refractivity contribution in [2.24, 2.45) is 5.92 Å². The van der Waals surface area contributed by atoms with E-state index < -0.39 is 24.0 Å². The van der Waals surface area contributed by atoms with E-state index in [4.69, 9.17) is 0 Å². The number of hydrogen-bond acceptors (Lipinski definition) is 5. The number of thioether (sulfide) groups is 1. The Hall–Kier alpha value is -2.35. The Morgan fingerprint density at radius 1 is 1.27 bits per heavy atom. The maximum atomic E-state index is 12.6. The predicted molar refractivity (Wildman–Crippen MR) is 97.8 cm³/mol. The zero-order valence-electron chi connectivity index (χ0n) is 14.7. The molecule has 1 aromatic carbocycles. The van der Waals surface area contributed by atoms with E-state index in [1.807, 2.05) is 0 Å². The first-order valence-electron chi connectivity index (χ1n) is 8.32. The van der Waals surface area contributed by atoms with Crippen molar-refractivity contribution < 1.29 is 24.3 Å². The number of carboxylic acid groups (broad SMARTS) is 1. The number of rotatable bonds is 6. The van der Waals surface area contributed by atoms with Gasteiger partial charge in [0.25, 0.3) is 5.91 Å². The first-order chi connectivity index (χ1) is 12.3. The molecule has 1 aliphatic rings. The number of nitrogens with one attached hydrogen (secondary N) is 1. The molecule has 1 saturated heterocycles. The standard InChI is InChI=1S/C18H22N2O5S/c1-11(10-26-12(2)21)17(23)20-9-14(8-15(20)18(24)25)19-16(22)13-6-4-3-5-7-13/h3-7,11,14-15H,8-10H2,1-2H3,(H,19,22)(H,24,25)/t11?,14?,15-/m0/s1. The molecule has 8 heteroatoms. The van der Waals surface area contributed by atoms with Gasteiger partial charge in [0.15, 0.2) is 5.12 Å². The minimum Gasteiger partial charge on any atom is -0.480 e. The largest absolute Gasteiger partial charge is 0.480 e. The molecule has 2 unspecified atom stereocenters. The van der Waals surface area contributed by atoms with E-state index in [0.717, 1.165) is 11.8 Å². The Labute approximate surface area is 156 Å². The molecule has 0 aromatic heterocycles. The second-order valence-electron chi connectivity index (χ2n) is 6.32. The van der Waals surface area contributed by atoms with Gasteiger partial charge >= 0.3 is 5.97 Å². The smallest absolute Gasteiger partial charge is 0.326 e. The SMILES string of the molecule is CC(=O)SCC(C)C(=O)N1CC(NC(=O)c2ccccc2)C[C@H]1C(=O)O. The molecule has 0 aliphatic carbocycles. The third kappa shape index (κ3) is 5.08. The molecule has 2 rings (SSSR count). The third-order valence-electron chi connectivity index (χ3n) is 4.20. The fourth-order valence-corrected chi connectivity index (χ4v) is 3.50. The van der Waals surface area contributed by atoms with Gasteiger partial charge in [0.1, 0.15) is 6.04 Å². The maximum absolute atomic E-state index is 12.6. The number of amides is 2. The maximum Gasteiger partial charge on any atom is 0.326 e. The van der Waals surface area contributed by atoms with E-state index in [0.29, 0.717) is 11.3 Å². The summed E-state index contributed by atoms with van der Waals surface area (Å²) in [5.74, 6) is -1.88. The van der Waals surface area contributed by atoms with E-state index in [-0.39, 0.29) is 29.9 Å². The molecule has 0 bridgehead atoms. The van der Waals surface area contributed by atoms with Gasteiger partial charge in [0, 0.05) is 43.2 Å². The van der Waals surface area contributed by atoms with Crippen LogP contribution >= 0.6 is 11.8 Å². The summed E-state index contributed by atoms with van der Waals surface area (Å²) >= 11 is 1.04. The number of aliphatic carboxylic acids is 1. The van der Waals surface area contributed by atoms with E-state index in [1.165, 1.54) is 11.8 Å². The average molecular weight is 378 g/mol. The minimum atomic E-state index is -1.10. The van der Waals surface area contributed by atoms with Gasteiger partial charge in [0.2, 0.25) is 5.91 Å². The molecule has 2 N–H and O–H groups in total. The molecule has 1 aliphatic heterocycles. The predicted octanol–water partition coefficient (Wildman–Crippen LogP) is 1.39. The lowest BCUT2D eigenvalue weighted by Crippen LogP contribution is -2.44. The Morgan fingerprint density at radius 2 is 1.92 bits per heavy atom.